The lowest BCUT2D eigenvalue weighted by Gasteiger charge is -2.09. The molecule has 0 bridgehead atoms. The van der Waals surface area contributed by atoms with E-state index in [4.69, 9.17) is 4.74 Å². The molecule has 4 heteroatoms. The zero-order valence-electron chi connectivity index (χ0n) is 10.6. The molecule has 1 aliphatic rings. The third-order valence-corrected chi connectivity index (χ3v) is 3.67. The topological polar surface area (TPSA) is 26.3 Å². The molecule has 18 heavy (non-hydrogen) atoms. The van der Waals surface area contributed by atoms with Crippen LogP contribution in [0.5, 0.6) is 0 Å². The quantitative estimate of drug-likeness (QED) is 0.386. The summed E-state index contributed by atoms with van der Waals surface area (Å²) in [6, 6.07) is 0. The van der Waals surface area contributed by atoms with Crippen LogP contribution >= 0.6 is 25.3 Å². The molecule has 0 saturated carbocycles. The first-order valence-electron chi connectivity index (χ1n) is 6.52. The number of hydrogen-bond acceptors (Lipinski definition) is 4. The summed E-state index contributed by atoms with van der Waals surface area (Å²) < 4.78 is 5.21. The highest BCUT2D eigenvalue weighted by molar-refractivity contribution is 7.81. The minimum absolute atomic E-state index is 0.0893. The zero-order chi connectivity index (χ0) is 13.2. The van der Waals surface area contributed by atoms with Crippen molar-refractivity contribution in [1.82, 2.24) is 0 Å². The van der Waals surface area contributed by atoms with Crippen LogP contribution in [0.2, 0.25) is 0 Å². The Bertz CT molecular complexity index is 288. The van der Waals surface area contributed by atoms with Crippen LogP contribution in [0.3, 0.4) is 0 Å². The van der Waals surface area contributed by atoms with Crippen LogP contribution in [-0.2, 0) is 9.53 Å². The van der Waals surface area contributed by atoms with Gasteiger partial charge in [0.2, 0.25) is 0 Å². The van der Waals surface area contributed by atoms with Crippen molar-refractivity contribution in [1.29, 1.82) is 0 Å². The van der Waals surface area contributed by atoms with Crippen molar-refractivity contribution >= 4 is 31.2 Å². The molecule has 1 atom stereocenters. The first kappa shape index (κ1) is 15.7. The van der Waals surface area contributed by atoms with Crippen LogP contribution in [-0.4, -0.2) is 23.6 Å². The van der Waals surface area contributed by atoms with Gasteiger partial charge in [-0.2, -0.15) is 25.3 Å². The van der Waals surface area contributed by atoms with Crippen molar-refractivity contribution in [2.24, 2.45) is 5.92 Å². The van der Waals surface area contributed by atoms with E-state index in [9.17, 15) is 4.79 Å². The summed E-state index contributed by atoms with van der Waals surface area (Å²) in [5.74, 6) is 1.05. The van der Waals surface area contributed by atoms with E-state index in [0.29, 0.717) is 18.3 Å². The van der Waals surface area contributed by atoms with Crippen molar-refractivity contribution in [2.75, 3.05) is 12.4 Å². The molecule has 0 saturated heterocycles. The molecule has 102 valence electrons. The molecule has 0 radical (unpaired) electrons. The fourth-order valence-electron chi connectivity index (χ4n) is 1.79. The summed E-state index contributed by atoms with van der Waals surface area (Å²) in [5, 5.41) is 0.410. The molecule has 2 nitrogen and oxygen atoms in total. The fourth-order valence-corrected chi connectivity index (χ4v) is 2.62. The molecule has 0 N–H and O–H groups in total. The van der Waals surface area contributed by atoms with Gasteiger partial charge in [-0.3, -0.25) is 4.79 Å². The normalized spacial score (nSPS) is 16.1. The number of hydrogen-bond donors (Lipinski definition) is 2. The summed E-state index contributed by atoms with van der Waals surface area (Å²) in [6.45, 7) is 0.473. The maximum absolute atomic E-state index is 11.5. The summed E-state index contributed by atoms with van der Waals surface area (Å²) in [4.78, 5) is 11.5. The maximum Gasteiger partial charge on any atom is 0.305 e. The van der Waals surface area contributed by atoms with Gasteiger partial charge in [0.15, 0.2) is 0 Å². The third-order valence-electron chi connectivity index (χ3n) is 2.90. The second-order valence-corrected chi connectivity index (χ2v) is 5.71. The molecule has 1 unspecified atom stereocenters. The Hall–Kier alpha value is -0.350. The van der Waals surface area contributed by atoms with E-state index in [1.54, 1.807) is 0 Å². The monoisotopic (exact) mass is 286 g/mol. The lowest BCUT2D eigenvalue weighted by atomic mass is 10.1. The third kappa shape index (κ3) is 7.17. The predicted molar refractivity (Wildman–Crippen MR) is 82.4 cm³/mol. The minimum atomic E-state index is -0.0893. The van der Waals surface area contributed by atoms with Crippen molar-refractivity contribution in [3.63, 3.8) is 0 Å². The molecule has 0 aromatic rings. The van der Waals surface area contributed by atoms with Crippen molar-refractivity contribution in [2.45, 2.75) is 37.4 Å². The Balaban J connectivity index is 1.96. The average Bonchev–Trinajstić information content (AvgIpc) is 2.85. The maximum atomic E-state index is 11.5. The van der Waals surface area contributed by atoms with Crippen LogP contribution in [0.4, 0.5) is 0 Å². The molecule has 0 aliphatic heterocycles. The van der Waals surface area contributed by atoms with E-state index in [1.165, 1.54) is 0 Å². The van der Waals surface area contributed by atoms with Crippen LogP contribution in [0, 0.1) is 5.92 Å². The highest BCUT2D eigenvalue weighted by Gasteiger charge is 2.09. The first-order valence-corrected chi connectivity index (χ1v) is 7.67. The van der Waals surface area contributed by atoms with E-state index >= 15 is 0 Å². The smallest absolute Gasteiger partial charge is 0.305 e. The van der Waals surface area contributed by atoms with Gasteiger partial charge in [0, 0.05) is 17.6 Å². The Morgan fingerprint density at radius 1 is 1.22 bits per heavy atom. The van der Waals surface area contributed by atoms with Gasteiger partial charge < -0.3 is 4.74 Å². The Labute approximate surface area is 121 Å². The standard InChI is InChI=1S/C14H22O2S2/c15-14(16-11-12-5-1-2-6-12)8-4-3-7-13(18)9-10-17/h1-2,5-6,12-13,17-18H,3-4,7-11H2. The highest BCUT2D eigenvalue weighted by Crippen LogP contribution is 2.13. The fraction of sp³-hybridized carbons (Fsp3) is 0.643. The number of esters is 1. The van der Waals surface area contributed by atoms with Gasteiger partial charge in [-0.15, -0.1) is 0 Å². The van der Waals surface area contributed by atoms with Crippen molar-refractivity contribution < 1.29 is 9.53 Å². The van der Waals surface area contributed by atoms with E-state index in [-0.39, 0.29) is 11.9 Å². The molecular formula is C14H22O2S2. The largest absolute Gasteiger partial charge is 0.465 e. The molecule has 0 heterocycles. The van der Waals surface area contributed by atoms with E-state index in [2.05, 4.69) is 25.3 Å². The number of carbonyl (C=O) groups is 1. The van der Waals surface area contributed by atoms with Gasteiger partial charge >= 0.3 is 5.97 Å². The summed E-state index contributed by atoms with van der Waals surface area (Å²) in [6.07, 6.45) is 12.5. The first-order chi connectivity index (χ1) is 8.72. The average molecular weight is 286 g/mol. The Morgan fingerprint density at radius 3 is 2.61 bits per heavy atom. The summed E-state index contributed by atoms with van der Waals surface area (Å²) in [5.41, 5.74) is 0. The van der Waals surface area contributed by atoms with E-state index in [0.717, 1.165) is 31.4 Å². The zero-order valence-corrected chi connectivity index (χ0v) is 12.4. The Kier molecular flexibility index (Phi) is 8.34. The minimum Gasteiger partial charge on any atom is -0.465 e. The highest BCUT2D eigenvalue weighted by atomic mass is 32.1. The number of ether oxygens (including phenoxy) is 1. The molecule has 0 aromatic carbocycles. The van der Waals surface area contributed by atoms with Crippen molar-refractivity contribution in [3.8, 4) is 0 Å². The van der Waals surface area contributed by atoms with Crippen LogP contribution < -0.4 is 0 Å². The van der Waals surface area contributed by atoms with Crippen LogP contribution in [0.15, 0.2) is 24.3 Å². The van der Waals surface area contributed by atoms with Crippen molar-refractivity contribution in [3.05, 3.63) is 24.3 Å². The van der Waals surface area contributed by atoms with Gasteiger partial charge in [0.1, 0.15) is 6.61 Å². The number of rotatable bonds is 9. The summed E-state index contributed by atoms with van der Waals surface area (Å²) in [7, 11) is 0. The molecule has 0 fully saturated rings. The number of allylic oxidation sites excluding steroid dienone is 2. The number of unbranched alkanes of at least 4 members (excludes halogenated alkanes) is 1. The SMILES string of the molecule is O=C(CCCCC(S)CCS)OCC1C=CC=C1. The molecule has 0 spiro atoms. The predicted octanol–water partition coefficient (Wildman–Crippen LogP) is 3.45. The second kappa shape index (κ2) is 9.56. The molecule has 0 amide bonds. The number of thiol groups is 2. The van der Waals surface area contributed by atoms with Gasteiger partial charge in [-0.1, -0.05) is 30.7 Å². The molecule has 0 aromatic heterocycles. The lowest BCUT2D eigenvalue weighted by molar-refractivity contribution is -0.144. The van der Waals surface area contributed by atoms with Gasteiger partial charge in [-0.25, -0.2) is 0 Å². The van der Waals surface area contributed by atoms with Gasteiger partial charge in [0.05, 0.1) is 0 Å². The van der Waals surface area contributed by atoms with Gasteiger partial charge in [0.25, 0.3) is 0 Å². The van der Waals surface area contributed by atoms with Gasteiger partial charge in [-0.05, 0) is 25.0 Å². The van der Waals surface area contributed by atoms with Crippen LogP contribution in [0.1, 0.15) is 32.1 Å². The van der Waals surface area contributed by atoms with E-state index in [1.807, 2.05) is 24.3 Å². The number of carbonyl (C=O) groups excluding carboxylic acids is 1. The molecule has 1 aliphatic carbocycles. The second-order valence-electron chi connectivity index (χ2n) is 4.53. The molecular weight excluding hydrogens is 264 g/mol. The Morgan fingerprint density at radius 2 is 1.94 bits per heavy atom. The van der Waals surface area contributed by atoms with Crippen LogP contribution in [0.25, 0.3) is 0 Å². The summed E-state index contributed by atoms with van der Waals surface area (Å²) >= 11 is 8.63. The lowest BCUT2D eigenvalue weighted by Crippen LogP contribution is -2.10. The molecule has 1 rings (SSSR count). The van der Waals surface area contributed by atoms with E-state index < -0.39 is 0 Å².